The number of aromatic nitrogens is 2. The van der Waals surface area contributed by atoms with E-state index in [1.54, 1.807) is 19.5 Å². The molecule has 0 amide bonds. The van der Waals surface area contributed by atoms with Gasteiger partial charge in [0, 0.05) is 19.0 Å². The normalized spacial score (nSPS) is 20.1. The smallest absolute Gasteiger partial charge is 0.237 e. The molecule has 1 atom stereocenters. The number of methoxy groups -OCH3 is 1. The molecule has 0 radical (unpaired) electrons. The van der Waals surface area contributed by atoms with Gasteiger partial charge >= 0.3 is 0 Å². The fourth-order valence-electron chi connectivity index (χ4n) is 3.12. The topological polar surface area (TPSA) is 70.3 Å². The van der Waals surface area contributed by atoms with E-state index in [-0.39, 0.29) is 11.6 Å². The van der Waals surface area contributed by atoms with E-state index in [1.807, 2.05) is 6.92 Å². The lowest BCUT2D eigenvalue weighted by atomic mass is 9.84. The van der Waals surface area contributed by atoms with Crippen LogP contribution in [0.25, 0.3) is 0 Å². The predicted molar refractivity (Wildman–Crippen MR) is 77.6 cm³/mol. The van der Waals surface area contributed by atoms with E-state index >= 15 is 0 Å². The summed E-state index contributed by atoms with van der Waals surface area (Å²) < 4.78 is 11.4. The molecule has 0 aliphatic heterocycles. The van der Waals surface area contributed by atoms with Gasteiger partial charge in [0.1, 0.15) is 5.69 Å². The molecule has 5 nitrogen and oxygen atoms in total. The summed E-state index contributed by atoms with van der Waals surface area (Å²) in [5, 5.41) is 0. The molecule has 0 saturated heterocycles. The Morgan fingerprint density at radius 2 is 1.85 bits per heavy atom. The largest absolute Gasteiger partial charge is 0.480 e. The first-order valence-electron chi connectivity index (χ1n) is 7.48. The van der Waals surface area contributed by atoms with Crippen molar-refractivity contribution in [2.45, 2.75) is 57.1 Å². The van der Waals surface area contributed by atoms with E-state index in [0.717, 1.165) is 25.7 Å². The third-order valence-corrected chi connectivity index (χ3v) is 4.13. The maximum Gasteiger partial charge on any atom is 0.237 e. The first-order valence-corrected chi connectivity index (χ1v) is 7.48. The second kappa shape index (κ2) is 6.99. The minimum atomic E-state index is -0.339. The quantitative estimate of drug-likeness (QED) is 0.839. The summed E-state index contributed by atoms with van der Waals surface area (Å²) in [6.45, 7) is 2.68. The highest BCUT2D eigenvalue weighted by atomic mass is 16.5. The molecule has 0 spiro atoms. The molecule has 1 aromatic rings. The molecular formula is C15H25N3O2. The van der Waals surface area contributed by atoms with Crippen LogP contribution in [0.4, 0.5) is 0 Å². The standard InChI is InChI=1S/C15H25N3O2/c1-3-20-15(8-6-4-5-7-9-15)13(16)12-14(19-2)18-11-10-17-12/h10-11,13H,3-9,16H2,1-2H3. The summed E-state index contributed by atoms with van der Waals surface area (Å²) in [5.74, 6) is 0.503. The van der Waals surface area contributed by atoms with Gasteiger partial charge in [-0.15, -0.1) is 0 Å². The van der Waals surface area contributed by atoms with Gasteiger partial charge < -0.3 is 15.2 Å². The highest BCUT2D eigenvalue weighted by molar-refractivity contribution is 5.24. The van der Waals surface area contributed by atoms with Crippen molar-refractivity contribution in [1.29, 1.82) is 0 Å². The zero-order chi connectivity index (χ0) is 14.4. The minimum absolute atomic E-state index is 0.302. The fraction of sp³-hybridized carbons (Fsp3) is 0.733. The van der Waals surface area contributed by atoms with Crippen LogP contribution in [0.2, 0.25) is 0 Å². The lowest BCUT2D eigenvalue weighted by Crippen LogP contribution is -2.44. The Balaban J connectivity index is 2.32. The number of hydrogen-bond donors (Lipinski definition) is 1. The maximum absolute atomic E-state index is 6.53. The Bertz CT molecular complexity index is 417. The SMILES string of the molecule is CCOC1(C(N)c2nccnc2OC)CCCCCC1. The molecule has 0 aromatic carbocycles. The lowest BCUT2D eigenvalue weighted by molar-refractivity contribution is -0.0709. The summed E-state index contributed by atoms with van der Waals surface area (Å²) in [6.07, 6.45) is 10.0. The average Bonchev–Trinajstić information content (AvgIpc) is 2.73. The van der Waals surface area contributed by atoms with Gasteiger partial charge in [-0.05, 0) is 19.8 Å². The molecule has 1 unspecified atom stereocenters. The van der Waals surface area contributed by atoms with Crippen LogP contribution in [-0.4, -0.2) is 29.3 Å². The van der Waals surface area contributed by atoms with Gasteiger partial charge in [-0.2, -0.15) is 0 Å². The second-order valence-electron chi connectivity index (χ2n) is 5.34. The van der Waals surface area contributed by atoms with E-state index in [1.165, 1.54) is 12.8 Å². The van der Waals surface area contributed by atoms with Crippen LogP contribution in [0.1, 0.15) is 57.2 Å². The van der Waals surface area contributed by atoms with Crippen molar-refractivity contribution >= 4 is 0 Å². The summed E-state index contributed by atoms with van der Waals surface area (Å²) in [5.41, 5.74) is 6.89. The van der Waals surface area contributed by atoms with Gasteiger partial charge in [0.15, 0.2) is 0 Å². The molecule has 2 N–H and O–H groups in total. The Kier molecular flexibility index (Phi) is 5.31. The molecule has 1 aliphatic carbocycles. The van der Waals surface area contributed by atoms with Crippen molar-refractivity contribution in [3.05, 3.63) is 18.1 Å². The van der Waals surface area contributed by atoms with Crippen molar-refractivity contribution < 1.29 is 9.47 Å². The predicted octanol–water partition coefficient (Wildman–Crippen LogP) is 2.61. The zero-order valence-corrected chi connectivity index (χ0v) is 12.5. The van der Waals surface area contributed by atoms with Crippen LogP contribution in [0.15, 0.2) is 12.4 Å². The summed E-state index contributed by atoms with van der Waals surface area (Å²) >= 11 is 0. The number of hydrogen-bond acceptors (Lipinski definition) is 5. The van der Waals surface area contributed by atoms with Crippen LogP contribution in [0.5, 0.6) is 5.88 Å². The molecule has 1 fully saturated rings. The average molecular weight is 279 g/mol. The van der Waals surface area contributed by atoms with Crippen LogP contribution < -0.4 is 10.5 Å². The van der Waals surface area contributed by atoms with Crippen LogP contribution in [0, 0.1) is 0 Å². The molecule has 5 heteroatoms. The van der Waals surface area contributed by atoms with Crippen LogP contribution in [-0.2, 0) is 4.74 Å². The number of rotatable bonds is 5. The summed E-state index contributed by atoms with van der Waals surface area (Å²) in [4.78, 5) is 8.60. The Morgan fingerprint density at radius 3 is 2.45 bits per heavy atom. The Morgan fingerprint density at radius 1 is 1.20 bits per heavy atom. The van der Waals surface area contributed by atoms with E-state index in [4.69, 9.17) is 15.2 Å². The molecule has 1 saturated carbocycles. The van der Waals surface area contributed by atoms with Gasteiger partial charge in [0.25, 0.3) is 0 Å². The lowest BCUT2D eigenvalue weighted by Gasteiger charge is -2.38. The van der Waals surface area contributed by atoms with E-state index in [2.05, 4.69) is 9.97 Å². The second-order valence-corrected chi connectivity index (χ2v) is 5.34. The van der Waals surface area contributed by atoms with Crippen molar-refractivity contribution in [2.75, 3.05) is 13.7 Å². The summed E-state index contributed by atoms with van der Waals surface area (Å²) in [7, 11) is 1.60. The minimum Gasteiger partial charge on any atom is -0.480 e. The highest BCUT2D eigenvalue weighted by Crippen LogP contribution is 2.40. The molecule has 0 bridgehead atoms. The molecule has 20 heavy (non-hydrogen) atoms. The molecule has 1 aliphatic rings. The monoisotopic (exact) mass is 279 g/mol. The van der Waals surface area contributed by atoms with Crippen LogP contribution in [0.3, 0.4) is 0 Å². The third kappa shape index (κ3) is 3.10. The van der Waals surface area contributed by atoms with E-state index < -0.39 is 0 Å². The van der Waals surface area contributed by atoms with Crippen molar-refractivity contribution in [3.63, 3.8) is 0 Å². The molecule has 1 aromatic heterocycles. The first kappa shape index (κ1) is 15.2. The molecule has 1 heterocycles. The van der Waals surface area contributed by atoms with Gasteiger partial charge in [0.05, 0.1) is 18.8 Å². The fourth-order valence-corrected chi connectivity index (χ4v) is 3.12. The maximum atomic E-state index is 6.53. The van der Waals surface area contributed by atoms with E-state index in [9.17, 15) is 0 Å². The number of nitrogens with zero attached hydrogens (tertiary/aromatic N) is 2. The zero-order valence-electron chi connectivity index (χ0n) is 12.5. The highest BCUT2D eigenvalue weighted by Gasteiger charge is 2.40. The van der Waals surface area contributed by atoms with Crippen molar-refractivity contribution in [1.82, 2.24) is 9.97 Å². The van der Waals surface area contributed by atoms with E-state index in [0.29, 0.717) is 18.2 Å². The van der Waals surface area contributed by atoms with Crippen LogP contribution >= 0.6 is 0 Å². The number of ether oxygens (including phenoxy) is 2. The Labute approximate surface area is 120 Å². The van der Waals surface area contributed by atoms with Gasteiger partial charge in [-0.25, -0.2) is 4.98 Å². The van der Waals surface area contributed by atoms with Gasteiger partial charge in [-0.1, -0.05) is 25.7 Å². The molecular weight excluding hydrogens is 254 g/mol. The van der Waals surface area contributed by atoms with Crippen molar-refractivity contribution in [2.24, 2.45) is 5.73 Å². The van der Waals surface area contributed by atoms with Gasteiger partial charge in [-0.3, -0.25) is 4.98 Å². The Hall–Kier alpha value is -1.20. The van der Waals surface area contributed by atoms with Crippen molar-refractivity contribution in [3.8, 4) is 5.88 Å². The first-order chi connectivity index (χ1) is 9.73. The molecule has 2 rings (SSSR count). The third-order valence-electron chi connectivity index (χ3n) is 4.13. The number of nitrogens with two attached hydrogens (primary N) is 1. The van der Waals surface area contributed by atoms with Gasteiger partial charge in [0.2, 0.25) is 5.88 Å². The molecule has 112 valence electrons. The summed E-state index contributed by atoms with van der Waals surface area (Å²) in [6, 6.07) is -0.302.